The zero-order valence-electron chi connectivity index (χ0n) is 7.59. The topological polar surface area (TPSA) is 45.8 Å². The van der Waals surface area contributed by atoms with E-state index in [2.05, 4.69) is 10.2 Å². The second kappa shape index (κ2) is 2.69. The first-order valence-electron chi connectivity index (χ1n) is 4.13. The summed E-state index contributed by atoms with van der Waals surface area (Å²) in [6.07, 6.45) is 0.843. The molecule has 0 spiro atoms. The number of aromatic nitrogens is 2. The molecule has 2 rings (SSSR count). The highest BCUT2D eigenvalue weighted by Gasteiger charge is 2.06. The van der Waals surface area contributed by atoms with E-state index in [1.165, 1.54) is 0 Å². The largest absolute Gasteiger partial charge is 0.298 e. The molecule has 66 valence electrons. The van der Waals surface area contributed by atoms with Crippen LogP contribution in [-0.4, -0.2) is 16.5 Å². The van der Waals surface area contributed by atoms with Crippen molar-refractivity contribution in [3.63, 3.8) is 0 Å². The van der Waals surface area contributed by atoms with Crippen LogP contribution in [0.1, 0.15) is 21.6 Å². The van der Waals surface area contributed by atoms with Gasteiger partial charge >= 0.3 is 0 Å². The molecule has 0 atom stereocenters. The normalized spacial score (nSPS) is 10.6. The number of rotatable bonds is 1. The molecule has 3 heteroatoms. The van der Waals surface area contributed by atoms with Crippen molar-refractivity contribution in [3.8, 4) is 0 Å². The summed E-state index contributed by atoms with van der Waals surface area (Å²) in [7, 11) is 0. The number of H-pyrrole nitrogens is 1. The van der Waals surface area contributed by atoms with Crippen LogP contribution in [0.2, 0.25) is 0 Å². The van der Waals surface area contributed by atoms with E-state index in [9.17, 15) is 4.79 Å². The maximum atomic E-state index is 10.7. The molecule has 1 heterocycles. The third-order valence-corrected chi connectivity index (χ3v) is 2.15. The van der Waals surface area contributed by atoms with Gasteiger partial charge in [0.05, 0.1) is 0 Å². The van der Waals surface area contributed by atoms with Gasteiger partial charge in [-0.15, -0.1) is 0 Å². The molecule has 0 fully saturated rings. The fourth-order valence-electron chi connectivity index (χ4n) is 1.51. The lowest BCUT2D eigenvalue weighted by molar-refractivity contribution is 0.112. The van der Waals surface area contributed by atoms with Crippen molar-refractivity contribution in [2.24, 2.45) is 0 Å². The van der Waals surface area contributed by atoms with E-state index < -0.39 is 0 Å². The lowest BCUT2D eigenvalue weighted by atomic mass is 10.1. The van der Waals surface area contributed by atoms with Crippen LogP contribution in [0.25, 0.3) is 10.9 Å². The van der Waals surface area contributed by atoms with Crippen LogP contribution < -0.4 is 0 Å². The lowest BCUT2D eigenvalue weighted by Crippen LogP contribution is -1.84. The number of hydrogen-bond donors (Lipinski definition) is 1. The van der Waals surface area contributed by atoms with Crippen LogP contribution in [0.3, 0.4) is 0 Å². The third-order valence-electron chi connectivity index (χ3n) is 2.15. The summed E-state index contributed by atoms with van der Waals surface area (Å²) in [6, 6.07) is 3.87. The molecule has 0 unspecified atom stereocenters. The lowest BCUT2D eigenvalue weighted by Gasteiger charge is -1.96. The Morgan fingerprint density at radius 1 is 1.38 bits per heavy atom. The summed E-state index contributed by atoms with van der Waals surface area (Å²) in [4.78, 5) is 10.7. The summed E-state index contributed by atoms with van der Waals surface area (Å²) in [5.41, 5.74) is 3.50. The summed E-state index contributed by atoms with van der Waals surface area (Å²) in [6.45, 7) is 3.92. The molecule has 0 aliphatic carbocycles. The number of aryl methyl sites for hydroxylation is 2. The molecule has 0 radical (unpaired) electrons. The maximum Gasteiger partial charge on any atom is 0.152 e. The third kappa shape index (κ3) is 1.13. The Balaban J connectivity index is 2.91. The standard InChI is InChI=1S/C10H10N2O/c1-6-3-8(5-13)10-9(4-6)7(2)11-12-10/h3-5H,1-2H3,(H,11,12). The van der Waals surface area contributed by atoms with Gasteiger partial charge in [0.25, 0.3) is 0 Å². The van der Waals surface area contributed by atoms with Gasteiger partial charge in [-0.2, -0.15) is 5.10 Å². The van der Waals surface area contributed by atoms with Crippen molar-refractivity contribution in [2.75, 3.05) is 0 Å². The van der Waals surface area contributed by atoms with Crippen LogP contribution in [0.15, 0.2) is 12.1 Å². The van der Waals surface area contributed by atoms with Gasteiger partial charge in [-0.05, 0) is 31.5 Å². The first kappa shape index (κ1) is 7.98. The Kier molecular flexibility index (Phi) is 1.65. The molecular formula is C10H10N2O. The van der Waals surface area contributed by atoms with Gasteiger partial charge in [-0.25, -0.2) is 0 Å². The minimum absolute atomic E-state index is 0.652. The van der Waals surface area contributed by atoms with Crippen LogP contribution in [0, 0.1) is 13.8 Å². The second-order valence-corrected chi connectivity index (χ2v) is 3.22. The van der Waals surface area contributed by atoms with E-state index in [-0.39, 0.29) is 0 Å². The van der Waals surface area contributed by atoms with Crippen LogP contribution in [-0.2, 0) is 0 Å². The molecule has 0 amide bonds. The van der Waals surface area contributed by atoms with Gasteiger partial charge in [0.15, 0.2) is 6.29 Å². The molecule has 2 aromatic rings. The van der Waals surface area contributed by atoms with Crippen molar-refractivity contribution < 1.29 is 4.79 Å². The fraction of sp³-hybridized carbons (Fsp3) is 0.200. The number of nitrogens with one attached hydrogen (secondary N) is 1. The zero-order valence-corrected chi connectivity index (χ0v) is 7.59. The number of carbonyl (C=O) groups excluding carboxylic acids is 1. The molecule has 1 N–H and O–H groups in total. The van der Waals surface area contributed by atoms with Crippen molar-refractivity contribution in [1.82, 2.24) is 10.2 Å². The molecule has 0 saturated heterocycles. The Morgan fingerprint density at radius 2 is 2.15 bits per heavy atom. The first-order valence-corrected chi connectivity index (χ1v) is 4.13. The second-order valence-electron chi connectivity index (χ2n) is 3.22. The minimum atomic E-state index is 0.652. The van der Waals surface area contributed by atoms with Gasteiger partial charge in [0.2, 0.25) is 0 Å². The average Bonchev–Trinajstić information content (AvgIpc) is 2.47. The molecule has 1 aromatic carbocycles. The number of benzene rings is 1. The van der Waals surface area contributed by atoms with Crippen LogP contribution in [0.4, 0.5) is 0 Å². The number of aldehydes is 1. The molecule has 0 saturated carbocycles. The highest BCUT2D eigenvalue weighted by atomic mass is 16.1. The first-order chi connectivity index (χ1) is 6.22. The quantitative estimate of drug-likeness (QED) is 0.672. The van der Waals surface area contributed by atoms with Gasteiger partial charge in [-0.3, -0.25) is 9.89 Å². The van der Waals surface area contributed by atoms with Crippen molar-refractivity contribution in [1.29, 1.82) is 0 Å². The molecule has 0 bridgehead atoms. The van der Waals surface area contributed by atoms with E-state index in [1.54, 1.807) is 0 Å². The smallest absolute Gasteiger partial charge is 0.152 e. The van der Waals surface area contributed by atoms with Crippen molar-refractivity contribution in [2.45, 2.75) is 13.8 Å². The van der Waals surface area contributed by atoms with E-state index in [1.807, 2.05) is 26.0 Å². The SMILES string of the molecule is Cc1cc(C=O)c2n[nH]c(C)c2c1. The monoisotopic (exact) mass is 174 g/mol. The Bertz CT molecular complexity index is 471. The number of nitrogens with zero attached hydrogens (tertiary/aromatic N) is 1. The molecule has 13 heavy (non-hydrogen) atoms. The average molecular weight is 174 g/mol. The molecule has 3 nitrogen and oxygen atoms in total. The number of fused-ring (bicyclic) bond motifs is 1. The number of carbonyl (C=O) groups is 1. The van der Waals surface area contributed by atoms with E-state index in [0.717, 1.165) is 28.4 Å². The van der Waals surface area contributed by atoms with E-state index >= 15 is 0 Å². The predicted octanol–water partition coefficient (Wildman–Crippen LogP) is 1.99. The van der Waals surface area contributed by atoms with Gasteiger partial charge in [-0.1, -0.05) is 0 Å². The summed E-state index contributed by atoms with van der Waals surface area (Å²) in [5, 5.41) is 7.97. The maximum absolute atomic E-state index is 10.7. The van der Waals surface area contributed by atoms with E-state index in [4.69, 9.17) is 0 Å². The van der Waals surface area contributed by atoms with Crippen molar-refractivity contribution >= 4 is 17.2 Å². The summed E-state index contributed by atoms with van der Waals surface area (Å²) in [5.74, 6) is 0. The predicted molar refractivity (Wildman–Crippen MR) is 51.0 cm³/mol. The summed E-state index contributed by atoms with van der Waals surface area (Å²) >= 11 is 0. The fourth-order valence-corrected chi connectivity index (χ4v) is 1.51. The molecule has 0 aliphatic heterocycles. The molecule has 1 aromatic heterocycles. The Labute approximate surface area is 75.8 Å². The zero-order chi connectivity index (χ0) is 9.42. The highest BCUT2D eigenvalue weighted by Crippen LogP contribution is 2.19. The van der Waals surface area contributed by atoms with Crippen LogP contribution in [0.5, 0.6) is 0 Å². The Hall–Kier alpha value is -1.64. The van der Waals surface area contributed by atoms with Gasteiger partial charge in [0, 0.05) is 16.6 Å². The number of aromatic amines is 1. The summed E-state index contributed by atoms with van der Waals surface area (Å²) < 4.78 is 0. The molecule has 0 aliphatic rings. The van der Waals surface area contributed by atoms with Crippen molar-refractivity contribution in [3.05, 3.63) is 29.0 Å². The minimum Gasteiger partial charge on any atom is -0.298 e. The highest BCUT2D eigenvalue weighted by molar-refractivity contribution is 5.97. The van der Waals surface area contributed by atoms with Gasteiger partial charge in [0.1, 0.15) is 5.52 Å². The van der Waals surface area contributed by atoms with Crippen LogP contribution >= 0.6 is 0 Å². The Morgan fingerprint density at radius 3 is 2.85 bits per heavy atom. The molecular weight excluding hydrogens is 164 g/mol. The van der Waals surface area contributed by atoms with Gasteiger partial charge < -0.3 is 0 Å². The van der Waals surface area contributed by atoms with E-state index in [0.29, 0.717) is 5.56 Å². The number of hydrogen-bond acceptors (Lipinski definition) is 2.